The van der Waals surface area contributed by atoms with Gasteiger partial charge in [0.2, 0.25) is 0 Å². The third-order valence-corrected chi connectivity index (χ3v) is 3.50. The number of hydrogen-bond donors (Lipinski definition) is 1. The Balaban J connectivity index is 2.00. The van der Waals surface area contributed by atoms with Crippen LogP contribution in [0.2, 0.25) is 5.02 Å². The van der Waals surface area contributed by atoms with Gasteiger partial charge >= 0.3 is 5.97 Å². The number of rotatable bonds is 2. The van der Waals surface area contributed by atoms with E-state index in [9.17, 15) is 9.90 Å². The molecule has 0 radical (unpaired) electrons. The SMILES string of the molecule is O=C(O)c1c(Cl)cccc1N1CCn2cnnc2C1. The van der Waals surface area contributed by atoms with Crippen molar-refractivity contribution in [3.8, 4) is 0 Å². The van der Waals surface area contributed by atoms with Crippen LogP contribution < -0.4 is 4.90 Å². The van der Waals surface area contributed by atoms with Crippen LogP contribution in [0.4, 0.5) is 5.69 Å². The van der Waals surface area contributed by atoms with Gasteiger partial charge in [0, 0.05) is 13.1 Å². The Hall–Kier alpha value is -2.08. The predicted octanol–water partition coefficient (Wildman–Crippen LogP) is 1.65. The van der Waals surface area contributed by atoms with Crippen LogP contribution in [0.3, 0.4) is 0 Å². The fourth-order valence-electron chi connectivity index (χ4n) is 2.26. The number of carbonyl (C=O) groups is 1. The molecule has 1 aliphatic rings. The molecule has 0 saturated carbocycles. The van der Waals surface area contributed by atoms with Gasteiger partial charge in [-0.1, -0.05) is 17.7 Å². The van der Waals surface area contributed by atoms with E-state index in [1.807, 2.05) is 9.47 Å². The monoisotopic (exact) mass is 278 g/mol. The van der Waals surface area contributed by atoms with Crippen LogP contribution in [0, 0.1) is 0 Å². The van der Waals surface area contributed by atoms with Gasteiger partial charge < -0.3 is 14.6 Å². The molecule has 1 aromatic carbocycles. The second-order valence-corrected chi connectivity index (χ2v) is 4.71. The molecule has 2 aromatic rings. The summed E-state index contributed by atoms with van der Waals surface area (Å²) in [5.74, 6) is -0.199. The van der Waals surface area contributed by atoms with Gasteiger partial charge in [0.1, 0.15) is 11.9 Å². The third-order valence-electron chi connectivity index (χ3n) is 3.18. The number of benzene rings is 1. The number of fused-ring (bicyclic) bond motifs is 1. The molecular weight excluding hydrogens is 268 g/mol. The molecule has 1 aliphatic heterocycles. The van der Waals surface area contributed by atoms with Gasteiger partial charge in [0.05, 0.1) is 17.3 Å². The maximum absolute atomic E-state index is 11.3. The van der Waals surface area contributed by atoms with E-state index < -0.39 is 5.97 Å². The van der Waals surface area contributed by atoms with Crippen molar-refractivity contribution in [1.82, 2.24) is 14.8 Å². The average molecular weight is 279 g/mol. The van der Waals surface area contributed by atoms with E-state index in [0.29, 0.717) is 18.8 Å². The average Bonchev–Trinajstić information content (AvgIpc) is 2.85. The maximum atomic E-state index is 11.3. The van der Waals surface area contributed by atoms with E-state index in [2.05, 4.69) is 10.2 Å². The van der Waals surface area contributed by atoms with Gasteiger partial charge in [0.25, 0.3) is 0 Å². The lowest BCUT2D eigenvalue weighted by atomic mass is 10.1. The first-order valence-corrected chi connectivity index (χ1v) is 6.18. The number of carboxylic acids is 1. The first-order chi connectivity index (χ1) is 9.16. The van der Waals surface area contributed by atoms with Gasteiger partial charge in [-0.25, -0.2) is 4.79 Å². The maximum Gasteiger partial charge on any atom is 0.339 e. The summed E-state index contributed by atoms with van der Waals surface area (Å²) >= 11 is 5.98. The molecule has 7 heteroatoms. The van der Waals surface area contributed by atoms with Crippen molar-refractivity contribution in [1.29, 1.82) is 0 Å². The molecule has 0 aliphatic carbocycles. The van der Waals surface area contributed by atoms with Crippen LogP contribution in [0.15, 0.2) is 24.5 Å². The highest BCUT2D eigenvalue weighted by molar-refractivity contribution is 6.34. The Bertz CT molecular complexity index is 640. The summed E-state index contributed by atoms with van der Waals surface area (Å²) in [6.07, 6.45) is 1.68. The molecule has 0 spiro atoms. The first-order valence-electron chi connectivity index (χ1n) is 5.80. The Morgan fingerprint density at radius 3 is 3.00 bits per heavy atom. The highest BCUT2D eigenvalue weighted by Gasteiger charge is 2.23. The highest BCUT2D eigenvalue weighted by atomic mass is 35.5. The van der Waals surface area contributed by atoms with Crippen LogP contribution in [-0.2, 0) is 13.1 Å². The van der Waals surface area contributed by atoms with Crippen LogP contribution in [0.25, 0.3) is 0 Å². The van der Waals surface area contributed by atoms with Crippen molar-refractivity contribution in [3.63, 3.8) is 0 Å². The van der Waals surface area contributed by atoms with Gasteiger partial charge in [0.15, 0.2) is 5.82 Å². The zero-order valence-corrected chi connectivity index (χ0v) is 10.7. The molecule has 98 valence electrons. The molecule has 0 fully saturated rings. The number of hydrogen-bond acceptors (Lipinski definition) is 4. The standard InChI is InChI=1S/C12H11ClN4O2/c13-8-2-1-3-9(11(8)12(18)19)16-4-5-17-7-14-15-10(17)6-16/h1-3,7H,4-6H2,(H,18,19). The van der Waals surface area contributed by atoms with E-state index in [1.54, 1.807) is 24.5 Å². The predicted molar refractivity (Wildman–Crippen MR) is 69.5 cm³/mol. The Labute approximate surface area is 114 Å². The zero-order valence-electron chi connectivity index (χ0n) is 9.95. The van der Waals surface area contributed by atoms with E-state index >= 15 is 0 Å². The molecule has 0 bridgehead atoms. The fraction of sp³-hybridized carbons (Fsp3) is 0.250. The van der Waals surface area contributed by atoms with Gasteiger partial charge in [-0.2, -0.15) is 0 Å². The smallest absolute Gasteiger partial charge is 0.339 e. The highest BCUT2D eigenvalue weighted by Crippen LogP contribution is 2.29. The topological polar surface area (TPSA) is 71.2 Å². The molecule has 0 saturated heterocycles. The van der Waals surface area contributed by atoms with E-state index in [-0.39, 0.29) is 10.6 Å². The minimum Gasteiger partial charge on any atom is -0.478 e. The number of anilines is 1. The number of carboxylic acid groups (broad SMARTS) is 1. The second kappa shape index (κ2) is 4.55. The Morgan fingerprint density at radius 2 is 2.21 bits per heavy atom. The van der Waals surface area contributed by atoms with E-state index in [4.69, 9.17) is 11.6 Å². The van der Waals surface area contributed by atoms with E-state index in [1.165, 1.54) is 0 Å². The molecule has 1 aromatic heterocycles. The second-order valence-electron chi connectivity index (χ2n) is 4.30. The number of halogens is 1. The lowest BCUT2D eigenvalue weighted by Crippen LogP contribution is -2.34. The normalized spacial score (nSPS) is 14.3. The lowest BCUT2D eigenvalue weighted by Gasteiger charge is -2.30. The molecule has 0 unspecified atom stereocenters. The molecular formula is C12H11ClN4O2. The summed E-state index contributed by atoms with van der Waals surface area (Å²) in [7, 11) is 0. The van der Waals surface area contributed by atoms with Crippen LogP contribution >= 0.6 is 11.6 Å². The molecule has 0 amide bonds. The van der Waals surface area contributed by atoms with Crippen molar-refractivity contribution >= 4 is 23.3 Å². The number of aromatic carboxylic acids is 1. The van der Waals surface area contributed by atoms with Crippen LogP contribution in [-0.4, -0.2) is 32.4 Å². The van der Waals surface area contributed by atoms with Gasteiger partial charge in [-0.05, 0) is 12.1 Å². The minimum absolute atomic E-state index is 0.136. The third kappa shape index (κ3) is 2.04. The van der Waals surface area contributed by atoms with Crippen LogP contribution in [0.5, 0.6) is 0 Å². The molecule has 6 nitrogen and oxygen atoms in total. The Kier molecular flexibility index (Phi) is 2.87. The summed E-state index contributed by atoms with van der Waals surface area (Å²) in [5.41, 5.74) is 0.756. The summed E-state index contributed by atoms with van der Waals surface area (Å²) in [6.45, 7) is 1.96. The van der Waals surface area contributed by atoms with Crippen molar-refractivity contribution in [3.05, 3.63) is 40.9 Å². The number of aromatic nitrogens is 3. The summed E-state index contributed by atoms with van der Waals surface area (Å²) in [4.78, 5) is 13.3. The van der Waals surface area contributed by atoms with Crippen molar-refractivity contribution < 1.29 is 9.90 Å². The van der Waals surface area contributed by atoms with E-state index in [0.717, 1.165) is 12.4 Å². The minimum atomic E-state index is -1.02. The Morgan fingerprint density at radius 1 is 1.37 bits per heavy atom. The van der Waals surface area contributed by atoms with Crippen molar-refractivity contribution in [2.24, 2.45) is 0 Å². The lowest BCUT2D eigenvalue weighted by molar-refractivity contribution is 0.0697. The van der Waals surface area contributed by atoms with Gasteiger partial charge in [-0.3, -0.25) is 0 Å². The largest absolute Gasteiger partial charge is 0.478 e. The zero-order chi connectivity index (χ0) is 13.4. The van der Waals surface area contributed by atoms with Gasteiger partial charge in [-0.15, -0.1) is 10.2 Å². The summed E-state index contributed by atoms with van der Waals surface area (Å²) in [6, 6.07) is 5.10. The van der Waals surface area contributed by atoms with Crippen molar-refractivity contribution in [2.75, 3.05) is 11.4 Å². The fourth-order valence-corrected chi connectivity index (χ4v) is 2.51. The number of nitrogens with zero attached hydrogens (tertiary/aromatic N) is 4. The summed E-state index contributed by atoms with van der Waals surface area (Å²) in [5, 5.41) is 17.4. The molecule has 2 heterocycles. The first kappa shape index (κ1) is 12.0. The van der Waals surface area contributed by atoms with Crippen molar-refractivity contribution in [2.45, 2.75) is 13.1 Å². The molecule has 1 N–H and O–H groups in total. The quantitative estimate of drug-likeness (QED) is 0.904. The van der Waals surface area contributed by atoms with Crippen LogP contribution in [0.1, 0.15) is 16.2 Å². The molecule has 0 atom stereocenters. The molecule has 19 heavy (non-hydrogen) atoms. The molecule has 3 rings (SSSR count). The summed E-state index contributed by atoms with van der Waals surface area (Å²) < 4.78 is 1.96.